The van der Waals surface area contributed by atoms with Gasteiger partial charge in [0.25, 0.3) is 0 Å². The second kappa shape index (κ2) is 9.06. The van der Waals surface area contributed by atoms with Crippen molar-refractivity contribution in [1.29, 1.82) is 5.26 Å². The lowest BCUT2D eigenvalue weighted by atomic mass is 9.95. The maximum Gasteiger partial charge on any atom is 0.338 e. The lowest BCUT2D eigenvalue weighted by molar-refractivity contribution is -0.139. The van der Waals surface area contributed by atoms with Crippen LogP contribution in [0.2, 0.25) is 0 Å². The number of carbonyl (C=O) groups is 1. The standard InChI is InChI=1S/C18H21N3O4S/c1-4-23-14-10-12(6-7-13(14)25-9-8-19)16-15(17(22)24-5-2)11(3)20-18(26)21-16/h6-7,10,16H,4-5,9H2,1-3H3,(H2,20,21,26)/t16-/m0/s1. The van der Waals surface area contributed by atoms with Crippen LogP contribution >= 0.6 is 12.2 Å². The smallest absolute Gasteiger partial charge is 0.338 e. The van der Waals surface area contributed by atoms with Crippen molar-refractivity contribution in [3.8, 4) is 17.6 Å². The van der Waals surface area contributed by atoms with Gasteiger partial charge >= 0.3 is 5.97 Å². The van der Waals surface area contributed by atoms with Crippen molar-refractivity contribution < 1.29 is 19.0 Å². The van der Waals surface area contributed by atoms with E-state index in [-0.39, 0.29) is 13.2 Å². The molecule has 0 spiro atoms. The lowest BCUT2D eigenvalue weighted by Gasteiger charge is -2.30. The van der Waals surface area contributed by atoms with E-state index < -0.39 is 12.0 Å². The Labute approximate surface area is 157 Å². The molecule has 0 saturated carbocycles. The minimum absolute atomic E-state index is 0.0812. The monoisotopic (exact) mass is 375 g/mol. The molecule has 0 aliphatic carbocycles. The highest BCUT2D eigenvalue weighted by Gasteiger charge is 2.31. The largest absolute Gasteiger partial charge is 0.490 e. The van der Waals surface area contributed by atoms with Gasteiger partial charge in [-0.25, -0.2) is 4.79 Å². The molecule has 1 heterocycles. The number of allylic oxidation sites excluding steroid dienone is 1. The molecule has 1 aromatic carbocycles. The third kappa shape index (κ3) is 4.43. The van der Waals surface area contributed by atoms with Crippen LogP contribution in [0.15, 0.2) is 29.5 Å². The summed E-state index contributed by atoms with van der Waals surface area (Å²) in [5.41, 5.74) is 1.86. The van der Waals surface area contributed by atoms with Crippen LogP contribution in [0.25, 0.3) is 0 Å². The number of nitriles is 1. The van der Waals surface area contributed by atoms with Crippen molar-refractivity contribution >= 4 is 23.3 Å². The molecule has 2 rings (SSSR count). The number of thiocarbonyl (C=S) groups is 1. The van der Waals surface area contributed by atoms with Crippen LogP contribution in [0.5, 0.6) is 11.5 Å². The van der Waals surface area contributed by atoms with Gasteiger partial charge in [-0.05, 0) is 50.7 Å². The Bertz CT molecular complexity index is 770. The molecule has 0 fully saturated rings. The molecule has 0 radical (unpaired) electrons. The molecular weight excluding hydrogens is 354 g/mol. The van der Waals surface area contributed by atoms with Crippen molar-refractivity contribution in [2.75, 3.05) is 19.8 Å². The van der Waals surface area contributed by atoms with Gasteiger partial charge in [-0.15, -0.1) is 0 Å². The molecule has 1 aliphatic heterocycles. The number of nitrogens with zero attached hydrogens (tertiary/aromatic N) is 1. The number of hydrogen-bond acceptors (Lipinski definition) is 6. The van der Waals surface area contributed by atoms with Crippen LogP contribution in [0.4, 0.5) is 0 Å². The fourth-order valence-corrected chi connectivity index (χ4v) is 2.90. The zero-order valence-electron chi connectivity index (χ0n) is 14.9. The zero-order chi connectivity index (χ0) is 19.1. The summed E-state index contributed by atoms with van der Waals surface area (Å²) in [6.07, 6.45) is 0. The minimum atomic E-state index is -0.480. The van der Waals surface area contributed by atoms with E-state index in [9.17, 15) is 4.79 Å². The summed E-state index contributed by atoms with van der Waals surface area (Å²) >= 11 is 5.23. The first-order valence-electron chi connectivity index (χ1n) is 8.23. The van der Waals surface area contributed by atoms with E-state index in [1.54, 1.807) is 32.0 Å². The van der Waals surface area contributed by atoms with Crippen LogP contribution in [-0.4, -0.2) is 30.9 Å². The first kappa shape index (κ1) is 19.5. The zero-order valence-corrected chi connectivity index (χ0v) is 15.7. The fraction of sp³-hybridized carbons (Fsp3) is 0.389. The average Bonchev–Trinajstić information content (AvgIpc) is 2.60. The number of hydrogen-bond donors (Lipinski definition) is 2. The highest BCUT2D eigenvalue weighted by molar-refractivity contribution is 7.80. The molecule has 7 nitrogen and oxygen atoms in total. The van der Waals surface area contributed by atoms with Crippen LogP contribution < -0.4 is 20.1 Å². The van der Waals surface area contributed by atoms with Gasteiger partial charge in [-0.2, -0.15) is 5.26 Å². The van der Waals surface area contributed by atoms with Crippen molar-refractivity contribution in [1.82, 2.24) is 10.6 Å². The Morgan fingerprint density at radius 3 is 2.69 bits per heavy atom. The third-order valence-electron chi connectivity index (χ3n) is 3.66. The van der Waals surface area contributed by atoms with Gasteiger partial charge < -0.3 is 24.8 Å². The maximum atomic E-state index is 12.4. The molecule has 0 aromatic heterocycles. The third-order valence-corrected chi connectivity index (χ3v) is 3.88. The van der Waals surface area contributed by atoms with Gasteiger partial charge in [-0.3, -0.25) is 0 Å². The van der Waals surface area contributed by atoms with E-state index in [1.165, 1.54) is 0 Å². The van der Waals surface area contributed by atoms with Crippen molar-refractivity contribution in [2.45, 2.75) is 26.8 Å². The molecule has 1 atom stereocenters. The SMILES string of the molecule is CCOC(=O)C1=C(C)NC(=S)N[C@H]1c1ccc(OCC#N)c(OCC)c1. The summed E-state index contributed by atoms with van der Waals surface area (Å²) in [7, 11) is 0. The molecular formula is C18H21N3O4S. The quantitative estimate of drug-likeness (QED) is 0.554. The Kier molecular flexibility index (Phi) is 6.81. The molecule has 0 bridgehead atoms. The number of rotatable bonds is 7. The molecule has 1 aromatic rings. The molecule has 138 valence electrons. The number of carbonyl (C=O) groups excluding carboxylic acids is 1. The van der Waals surface area contributed by atoms with E-state index in [1.807, 2.05) is 13.0 Å². The summed E-state index contributed by atoms with van der Waals surface area (Å²) in [4.78, 5) is 12.4. The predicted octanol–water partition coefficient (Wildman–Crippen LogP) is 2.34. The van der Waals surface area contributed by atoms with E-state index in [0.29, 0.717) is 34.5 Å². The summed E-state index contributed by atoms with van der Waals surface area (Å²) in [6, 6.07) is 6.73. The van der Waals surface area contributed by atoms with Gasteiger partial charge in [0.1, 0.15) is 6.07 Å². The van der Waals surface area contributed by atoms with Crippen LogP contribution in [0, 0.1) is 11.3 Å². The highest BCUT2D eigenvalue weighted by Crippen LogP contribution is 2.34. The summed E-state index contributed by atoms with van der Waals surface area (Å²) in [6.45, 7) is 6.02. The van der Waals surface area contributed by atoms with Crippen molar-refractivity contribution in [3.05, 3.63) is 35.0 Å². The van der Waals surface area contributed by atoms with Gasteiger partial charge in [0.05, 0.1) is 24.8 Å². The topological polar surface area (TPSA) is 92.6 Å². The predicted molar refractivity (Wildman–Crippen MR) is 99.7 cm³/mol. The number of benzene rings is 1. The first-order chi connectivity index (χ1) is 12.5. The van der Waals surface area contributed by atoms with Crippen molar-refractivity contribution in [2.24, 2.45) is 0 Å². The lowest BCUT2D eigenvalue weighted by Crippen LogP contribution is -2.45. The molecule has 1 aliphatic rings. The second-order valence-electron chi connectivity index (χ2n) is 5.38. The number of ether oxygens (including phenoxy) is 3. The Hall–Kier alpha value is -2.79. The summed E-state index contributed by atoms with van der Waals surface area (Å²) in [5, 5.41) is 15.2. The van der Waals surface area contributed by atoms with E-state index in [0.717, 1.165) is 5.56 Å². The van der Waals surface area contributed by atoms with Gasteiger partial charge in [0.2, 0.25) is 0 Å². The number of esters is 1. The van der Waals surface area contributed by atoms with Gasteiger partial charge in [0, 0.05) is 5.70 Å². The highest BCUT2D eigenvalue weighted by atomic mass is 32.1. The first-order valence-corrected chi connectivity index (χ1v) is 8.64. The molecule has 0 unspecified atom stereocenters. The maximum absolute atomic E-state index is 12.4. The average molecular weight is 375 g/mol. The Morgan fingerprint density at radius 1 is 1.27 bits per heavy atom. The van der Waals surface area contributed by atoms with Crippen molar-refractivity contribution in [3.63, 3.8) is 0 Å². The summed E-state index contributed by atoms with van der Waals surface area (Å²) in [5.74, 6) is 0.541. The fourth-order valence-electron chi connectivity index (χ4n) is 2.63. The van der Waals surface area contributed by atoms with Crippen LogP contribution in [-0.2, 0) is 9.53 Å². The van der Waals surface area contributed by atoms with E-state index in [4.69, 9.17) is 31.7 Å². The summed E-state index contributed by atoms with van der Waals surface area (Å²) < 4.78 is 16.2. The van der Waals surface area contributed by atoms with Crippen LogP contribution in [0.1, 0.15) is 32.4 Å². The van der Waals surface area contributed by atoms with Gasteiger partial charge in [0.15, 0.2) is 23.2 Å². The van der Waals surface area contributed by atoms with Crippen LogP contribution in [0.3, 0.4) is 0 Å². The minimum Gasteiger partial charge on any atom is -0.490 e. The molecule has 26 heavy (non-hydrogen) atoms. The Balaban J connectivity index is 2.44. The Morgan fingerprint density at radius 2 is 2.04 bits per heavy atom. The number of nitrogens with one attached hydrogen (secondary N) is 2. The molecule has 0 saturated heterocycles. The molecule has 2 N–H and O–H groups in total. The molecule has 8 heteroatoms. The van der Waals surface area contributed by atoms with E-state index >= 15 is 0 Å². The second-order valence-corrected chi connectivity index (χ2v) is 5.78. The normalized spacial score (nSPS) is 16.2. The van der Waals surface area contributed by atoms with E-state index in [2.05, 4.69) is 10.6 Å². The molecule has 0 amide bonds. The van der Waals surface area contributed by atoms with Gasteiger partial charge in [-0.1, -0.05) is 6.07 Å².